The monoisotopic (exact) mass is 376 g/mol. The van der Waals surface area contributed by atoms with Crippen LogP contribution in [0.4, 0.5) is 0 Å². The maximum absolute atomic E-state index is 11.6. The van der Waals surface area contributed by atoms with Gasteiger partial charge in [-0.2, -0.15) is 0 Å². The minimum absolute atomic E-state index is 0.0879. The van der Waals surface area contributed by atoms with Gasteiger partial charge in [-0.05, 0) is 57.6 Å². The lowest BCUT2D eigenvalue weighted by molar-refractivity contribution is 0.0692. The van der Waals surface area contributed by atoms with Crippen molar-refractivity contribution in [2.24, 2.45) is 0 Å². The average molecular weight is 376 g/mol. The summed E-state index contributed by atoms with van der Waals surface area (Å²) in [7, 11) is 0. The highest BCUT2D eigenvalue weighted by Gasteiger charge is 2.21. The summed E-state index contributed by atoms with van der Waals surface area (Å²) in [6.45, 7) is 9.45. The van der Waals surface area contributed by atoms with Crippen molar-refractivity contribution >= 4 is 5.97 Å². The smallest absolute Gasteiger partial charge is 0.339 e. The van der Waals surface area contributed by atoms with Gasteiger partial charge in [0.2, 0.25) is 0 Å². The molecule has 1 aromatic rings. The minimum atomic E-state index is -1.19. The van der Waals surface area contributed by atoms with Crippen LogP contribution in [0, 0.1) is 0 Å². The molecule has 4 N–H and O–H groups in total. The van der Waals surface area contributed by atoms with E-state index >= 15 is 0 Å². The number of hydrogen-bond donors (Lipinski definition) is 4. The van der Waals surface area contributed by atoms with Crippen LogP contribution in [0.5, 0.6) is 11.5 Å². The van der Waals surface area contributed by atoms with Crippen LogP contribution in [0.15, 0.2) is 29.9 Å². The highest BCUT2D eigenvalue weighted by molar-refractivity contribution is 5.93. The van der Waals surface area contributed by atoms with Gasteiger partial charge in [0.25, 0.3) is 0 Å². The minimum Gasteiger partial charge on any atom is -0.508 e. The molecule has 5 heteroatoms. The molecule has 0 aliphatic heterocycles. The fourth-order valence-electron chi connectivity index (χ4n) is 2.94. The van der Waals surface area contributed by atoms with Gasteiger partial charge in [-0.1, -0.05) is 43.6 Å². The number of phenolic OH excluding ortho intramolecular Hbond substituents is 1. The van der Waals surface area contributed by atoms with Gasteiger partial charge >= 0.3 is 5.97 Å². The second kappa shape index (κ2) is 10.8. The molecule has 27 heavy (non-hydrogen) atoms. The SMILES string of the molecule is C=C(C)C(O)CC/C(C)=C\Cc1c(O)cc(CCCCC)c(C(=O)O)c1O. The summed E-state index contributed by atoms with van der Waals surface area (Å²) in [4.78, 5) is 11.6. The number of hydrogen-bond acceptors (Lipinski definition) is 4. The maximum atomic E-state index is 11.6. The van der Waals surface area contributed by atoms with Crippen molar-refractivity contribution in [3.63, 3.8) is 0 Å². The van der Waals surface area contributed by atoms with E-state index in [4.69, 9.17) is 0 Å². The van der Waals surface area contributed by atoms with Gasteiger partial charge in [0.1, 0.15) is 17.1 Å². The quantitative estimate of drug-likeness (QED) is 0.330. The van der Waals surface area contributed by atoms with E-state index in [0.29, 0.717) is 30.4 Å². The predicted octanol–water partition coefficient (Wildman–Crippen LogP) is 4.73. The first kappa shape index (κ1) is 22.8. The van der Waals surface area contributed by atoms with E-state index in [0.717, 1.165) is 24.8 Å². The van der Waals surface area contributed by atoms with E-state index in [2.05, 4.69) is 13.5 Å². The fourth-order valence-corrected chi connectivity index (χ4v) is 2.94. The van der Waals surface area contributed by atoms with Crippen molar-refractivity contribution in [3.05, 3.63) is 46.6 Å². The lowest BCUT2D eigenvalue weighted by atomic mass is 9.94. The normalized spacial score (nSPS) is 12.8. The third-order valence-electron chi connectivity index (χ3n) is 4.76. The Morgan fingerprint density at radius 3 is 2.48 bits per heavy atom. The molecule has 0 radical (unpaired) electrons. The van der Waals surface area contributed by atoms with E-state index in [1.165, 1.54) is 6.07 Å². The summed E-state index contributed by atoms with van der Waals surface area (Å²) in [6, 6.07) is 1.46. The molecule has 5 nitrogen and oxygen atoms in total. The zero-order valence-corrected chi connectivity index (χ0v) is 16.6. The van der Waals surface area contributed by atoms with Crippen LogP contribution in [0.25, 0.3) is 0 Å². The number of unbranched alkanes of at least 4 members (excludes halogenated alkanes) is 2. The summed E-state index contributed by atoms with van der Waals surface area (Å²) in [5.41, 5.74) is 2.25. The summed E-state index contributed by atoms with van der Waals surface area (Å²) < 4.78 is 0. The number of aliphatic hydroxyl groups excluding tert-OH is 1. The predicted molar refractivity (Wildman–Crippen MR) is 107 cm³/mol. The Labute approximate surface area is 161 Å². The molecule has 1 rings (SSSR count). The summed E-state index contributed by atoms with van der Waals surface area (Å²) in [5.74, 6) is -1.64. The number of carboxylic acid groups (broad SMARTS) is 1. The Balaban J connectivity index is 3.00. The van der Waals surface area contributed by atoms with Crippen molar-refractivity contribution in [3.8, 4) is 11.5 Å². The number of rotatable bonds is 11. The number of aromatic hydroxyl groups is 2. The van der Waals surface area contributed by atoms with Crippen molar-refractivity contribution in [2.75, 3.05) is 0 Å². The number of benzene rings is 1. The van der Waals surface area contributed by atoms with Crippen molar-refractivity contribution in [2.45, 2.75) is 71.8 Å². The van der Waals surface area contributed by atoms with Gasteiger partial charge in [-0.3, -0.25) is 0 Å². The zero-order chi connectivity index (χ0) is 20.6. The van der Waals surface area contributed by atoms with Crippen LogP contribution in [-0.4, -0.2) is 32.5 Å². The number of aromatic carboxylic acids is 1. The standard InChI is InChI=1S/C22H32O5/c1-5-6-7-8-16-13-19(24)17(21(25)20(16)22(26)27)11-9-15(4)10-12-18(23)14(2)3/h9,13,18,23-25H,2,5-8,10-12H2,1,3-4H3,(H,26,27)/b15-9-. The largest absolute Gasteiger partial charge is 0.508 e. The molecule has 0 aliphatic carbocycles. The van der Waals surface area contributed by atoms with Gasteiger partial charge in [0.05, 0.1) is 6.10 Å². The number of allylic oxidation sites excluding steroid dienone is 2. The molecule has 0 amide bonds. The molecule has 0 heterocycles. The van der Waals surface area contributed by atoms with Crippen LogP contribution in [0.2, 0.25) is 0 Å². The van der Waals surface area contributed by atoms with Crippen LogP contribution in [-0.2, 0) is 12.8 Å². The van der Waals surface area contributed by atoms with E-state index in [-0.39, 0.29) is 29.0 Å². The fraction of sp³-hybridized carbons (Fsp3) is 0.500. The molecule has 0 aromatic heterocycles. The number of carbonyl (C=O) groups is 1. The highest BCUT2D eigenvalue weighted by Crippen LogP contribution is 2.35. The molecule has 150 valence electrons. The Kier molecular flexibility index (Phi) is 9.09. The van der Waals surface area contributed by atoms with E-state index in [1.807, 2.05) is 13.0 Å². The Morgan fingerprint density at radius 1 is 1.26 bits per heavy atom. The highest BCUT2D eigenvalue weighted by atomic mass is 16.4. The van der Waals surface area contributed by atoms with Gasteiger partial charge < -0.3 is 20.4 Å². The molecule has 1 atom stereocenters. The molecule has 1 aromatic carbocycles. The van der Waals surface area contributed by atoms with Gasteiger partial charge in [-0.15, -0.1) is 0 Å². The molecule has 0 bridgehead atoms. The average Bonchev–Trinajstić information content (AvgIpc) is 2.58. The number of phenols is 2. The first-order valence-corrected chi connectivity index (χ1v) is 9.48. The van der Waals surface area contributed by atoms with Crippen molar-refractivity contribution < 1.29 is 25.2 Å². The summed E-state index contributed by atoms with van der Waals surface area (Å²) >= 11 is 0. The third kappa shape index (κ3) is 6.75. The topological polar surface area (TPSA) is 98.0 Å². The Hall–Kier alpha value is -2.27. The van der Waals surface area contributed by atoms with Crippen molar-refractivity contribution in [1.29, 1.82) is 0 Å². The molecule has 0 aliphatic rings. The zero-order valence-electron chi connectivity index (χ0n) is 16.6. The van der Waals surface area contributed by atoms with E-state index in [1.54, 1.807) is 6.92 Å². The molecule has 0 spiro atoms. The van der Waals surface area contributed by atoms with Crippen LogP contribution >= 0.6 is 0 Å². The molecule has 0 saturated carbocycles. The van der Waals surface area contributed by atoms with Gasteiger partial charge in [0.15, 0.2) is 0 Å². The molecular formula is C22H32O5. The van der Waals surface area contributed by atoms with Gasteiger partial charge in [0, 0.05) is 5.56 Å². The number of carboxylic acids is 1. The molecular weight excluding hydrogens is 344 g/mol. The summed E-state index contributed by atoms with van der Waals surface area (Å²) in [6.07, 6.45) is 5.97. The second-order valence-corrected chi connectivity index (χ2v) is 7.17. The van der Waals surface area contributed by atoms with Crippen LogP contribution in [0.3, 0.4) is 0 Å². The second-order valence-electron chi connectivity index (χ2n) is 7.17. The molecule has 1 unspecified atom stereocenters. The Bertz CT molecular complexity index is 703. The van der Waals surface area contributed by atoms with Gasteiger partial charge in [-0.25, -0.2) is 4.79 Å². The van der Waals surface area contributed by atoms with E-state index in [9.17, 15) is 25.2 Å². The van der Waals surface area contributed by atoms with Crippen molar-refractivity contribution in [1.82, 2.24) is 0 Å². The number of aryl methyl sites for hydroxylation is 1. The number of aliphatic hydroxyl groups is 1. The lowest BCUT2D eigenvalue weighted by Gasteiger charge is -2.14. The Morgan fingerprint density at radius 2 is 1.93 bits per heavy atom. The maximum Gasteiger partial charge on any atom is 0.339 e. The molecule has 0 fully saturated rings. The van der Waals surface area contributed by atoms with E-state index < -0.39 is 12.1 Å². The third-order valence-corrected chi connectivity index (χ3v) is 4.76. The van der Waals surface area contributed by atoms with Crippen LogP contribution < -0.4 is 0 Å². The molecule has 0 saturated heterocycles. The first-order chi connectivity index (χ1) is 12.7. The lowest BCUT2D eigenvalue weighted by Crippen LogP contribution is -2.07. The van der Waals surface area contributed by atoms with Crippen LogP contribution in [0.1, 0.15) is 74.4 Å². The first-order valence-electron chi connectivity index (χ1n) is 9.48. The summed E-state index contributed by atoms with van der Waals surface area (Å²) in [5, 5.41) is 40.1.